The van der Waals surface area contributed by atoms with Gasteiger partial charge in [-0.15, -0.1) is 0 Å². The van der Waals surface area contributed by atoms with Crippen molar-refractivity contribution in [2.45, 2.75) is 18.5 Å². The van der Waals surface area contributed by atoms with Crippen LogP contribution in [0.5, 0.6) is 0 Å². The first-order chi connectivity index (χ1) is 5.70. The Labute approximate surface area is 67.5 Å². The van der Waals surface area contributed by atoms with E-state index in [1.54, 1.807) is 0 Å². The Kier molecular flexibility index (Phi) is 1.39. The second kappa shape index (κ2) is 2.30. The summed E-state index contributed by atoms with van der Waals surface area (Å²) in [5, 5.41) is 3.40. The van der Waals surface area contributed by atoms with Crippen LogP contribution in [-0.4, -0.2) is 17.2 Å². The molecule has 0 saturated heterocycles. The molecular formula is C7H7FN2O2. The molecule has 0 bridgehead atoms. The van der Waals surface area contributed by atoms with Crippen molar-refractivity contribution in [3.63, 3.8) is 0 Å². The van der Waals surface area contributed by atoms with Crippen molar-refractivity contribution in [3.8, 4) is 0 Å². The number of rotatable bonds is 2. The fourth-order valence-corrected chi connectivity index (χ4v) is 1.18. The molecule has 1 amide bonds. The quantitative estimate of drug-likeness (QED) is 0.706. The Balaban J connectivity index is 2.31. The third-order valence-corrected chi connectivity index (χ3v) is 1.94. The summed E-state index contributed by atoms with van der Waals surface area (Å²) in [4.78, 5) is 10.7. The zero-order chi connectivity index (χ0) is 8.72. The molecule has 64 valence electrons. The molecule has 2 N–H and O–H groups in total. The average Bonchev–Trinajstić information content (AvgIpc) is 2.58. The molecule has 1 aromatic rings. The molecule has 0 spiro atoms. The van der Waals surface area contributed by atoms with Crippen LogP contribution in [-0.2, 0) is 0 Å². The van der Waals surface area contributed by atoms with Crippen molar-refractivity contribution >= 4 is 5.91 Å². The smallest absolute Gasteiger partial charge is 0.271 e. The molecule has 0 unspecified atom stereocenters. The number of hydrogen-bond acceptors (Lipinski definition) is 3. The van der Waals surface area contributed by atoms with E-state index in [4.69, 9.17) is 5.73 Å². The largest absolute Gasteiger partial charge is 0.364 e. The lowest BCUT2D eigenvalue weighted by Gasteiger charge is -1.91. The van der Waals surface area contributed by atoms with Gasteiger partial charge >= 0.3 is 0 Å². The minimum atomic E-state index is -0.873. The number of nitrogens with two attached hydrogens (primary N) is 1. The van der Waals surface area contributed by atoms with Gasteiger partial charge in [0.25, 0.3) is 5.91 Å². The Hall–Kier alpha value is -1.39. The van der Waals surface area contributed by atoms with E-state index in [-0.39, 0.29) is 11.6 Å². The van der Waals surface area contributed by atoms with E-state index < -0.39 is 12.1 Å². The number of primary amides is 1. The normalized spacial score (nSPS) is 27.1. The van der Waals surface area contributed by atoms with Gasteiger partial charge < -0.3 is 10.3 Å². The van der Waals surface area contributed by atoms with Gasteiger partial charge in [0.15, 0.2) is 5.69 Å². The lowest BCUT2D eigenvalue weighted by molar-refractivity contribution is 0.0991. The summed E-state index contributed by atoms with van der Waals surface area (Å²) in [6, 6.07) is 0. The van der Waals surface area contributed by atoms with E-state index in [0.29, 0.717) is 12.0 Å². The van der Waals surface area contributed by atoms with Crippen molar-refractivity contribution in [3.05, 3.63) is 17.5 Å². The molecule has 0 radical (unpaired) electrons. The van der Waals surface area contributed by atoms with E-state index in [0.717, 1.165) is 0 Å². The minimum Gasteiger partial charge on any atom is -0.364 e. The van der Waals surface area contributed by atoms with Gasteiger partial charge in [-0.2, -0.15) is 0 Å². The van der Waals surface area contributed by atoms with Crippen LogP contribution >= 0.6 is 0 Å². The second-order valence-corrected chi connectivity index (χ2v) is 2.84. The van der Waals surface area contributed by atoms with Crippen LogP contribution in [0.3, 0.4) is 0 Å². The van der Waals surface area contributed by atoms with Crippen LogP contribution in [0.25, 0.3) is 0 Å². The molecule has 1 aliphatic rings. The van der Waals surface area contributed by atoms with Gasteiger partial charge in [0.2, 0.25) is 0 Å². The summed E-state index contributed by atoms with van der Waals surface area (Å²) in [6.45, 7) is 0. The molecular weight excluding hydrogens is 163 g/mol. The van der Waals surface area contributed by atoms with Gasteiger partial charge in [0.05, 0.1) is 0 Å². The van der Waals surface area contributed by atoms with Crippen LogP contribution in [0.2, 0.25) is 0 Å². The van der Waals surface area contributed by atoms with E-state index in [9.17, 15) is 9.18 Å². The number of alkyl halides is 1. The lowest BCUT2D eigenvalue weighted by Crippen LogP contribution is -2.13. The molecule has 1 heterocycles. The molecule has 1 saturated carbocycles. The Morgan fingerprint density at radius 3 is 3.00 bits per heavy atom. The highest BCUT2D eigenvalue weighted by molar-refractivity contribution is 5.92. The van der Waals surface area contributed by atoms with E-state index in [2.05, 4.69) is 9.68 Å². The van der Waals surface area contributed by atoms with Crippen LogP contribution < -0.4 is 5.73 Å². The highest BCUT2D eigenvalue weighted by atomic mass is 19.1. The number of hydrogen-bond donors (Lipinski definition) is 1. The molecule has 0 aromatic carbocycles. The minimum absolute atomic E-state index is 0.0557. The number of carbonyl (C=O) groups is 1. The number of nitrogens with zero attached hydrogens (tertiary/aromatic N) is 1. The van der Waals surface area contributed by atoms with Gasteiger partial charge in [-0.3, -0.25) is 4.79 Å². The highest BCUT2D eigenvalue weighted by Gasteiger charge is 2.42. The zero-order valence-corrected chi connectivity index (χ0v) is 6.16. The van der Waals surface area contributed by atoms with Gasteiger partial charge in [-0.1, -0.05) is 5.16 Å². The molecule has 0 aliphatic heterocycles. The highest BCUT2D eigenvalue weighted by Crippen LogP contribution is 2.44. The van der Waals surface area contributed by atoms with Crippen molar-refractivity contribution in [1.29, 1.82) is 0 Å². The molecule has 5 heteroatoms. The van der Waals surface area contributed by atoms with E-state index in [1.807, 2.05) is 0 Å². The van der Waals surface area contributed by atoms with Crippen LogP contribution in [0.15, 0.2) is 10.8 Å². The molecule has 4 nitrogen and oxygen atoms in total. The van der Waals surface area contributed by atoms with E-state index >= 15 is 0 Å². The summed E-state index contributed by atoms with van der Waals surface area (Å²) >= 11 is 0. The summed E-state index contributed by atoms with van der Waals surface area (Å²) in [7, 11) is 0. The Morgan fingerprint density at radius 2 is 2.50 bits per heavy atom. The van der Waals surface area contributed by atoms with Crippen LogP contribution in [0, 0.1) is 0 Å². The fraction of sp³-hybridized carbons (Fsp3) is 0.429. The Bertz CT molecular complexity index is 323. The predicted molar refractivity (Wildman–Crippen MR) is 37.3 cm³/mol. The summed E-state index contributed by atoms with van der Waals surface area (Å²) in [5.74, 6) is -0.906. The predicted octanol–water partition coefficient (Wildman–Crippen LogP) is 0.599. The third kappa shape index (κ3) is 0.975. The van der Waals surface area contributed by atoms with Crippen molar-refractivity contribution in [2.24, 2.45) is 5.73 Å². The Morgan fingerprint density at radius 1 is 1.83 bits per heavy atom. The monoisotopic (exact) mass is 170 g/mol. The maximum absolute atomic E-state index is 12.6. The standard InChI is InChI=1S/C7H7FN2O2/c8-5-1-3(5)4-2-12-10-6(4)7(9)11/h2-3,5H,1H2,(H2,9,11)/t3-,5+/m0/s1. The van der Waals surface area contributed by atoms with Crippen molar-refractivity contribution < 1.29 is 13.7 Å². The summed E-state index contributed by atoms with van der Waals surface area (Å²) in [6.07, 6.45) is 0.841. The average molecular weight is 170 g/mol. The van der Waals surface area contributed by atoms with Crippen LogP contribution in [0.1, 0.15) is 28.4 Å². The molecule has 12 heavy (non-hydrogen) atoms. The van der Waals surface area contributed by atoms with Crippen LogP contribution in [0.4, 0.5) is 4.39 Å². The molecule has 1 aromatic heterocycles. The van der Waals surface area contributed by atoms with Gasteiger partial charge in [-0.05, 0) is 6.42 Å². The molecule has 1 aliphatic carbocycles. The number of carbonyl (C=O) groups excluding carboxylic acids is 1. The first-order valence-corrected chi connectivity index (χ1v) is 3.58. The lowest BCUT2D eigenvalue weighted by atomic mass is 10.1. The third-order valence-electron chi connectivity index (χ3n) is 1.94. The second-order valence-electron chi connectivity index (χ2n) is 2.84. The number of amides is 1. The summed E-state index contributed by atoms with van der Waals surface area (Å²) in [5.41, 5.74) is 5.54. The fourth-order valence-electron chi connectivity index (χ4n) is 1.18. The van der Waals surface area contributed by atoms with Gasteiger partial charge in [0.1, 0.15) is 12.4 Å². The van der Waals surface area contributed by atoms with Crippen molar-refractivity contribution in [2.75, 3.05) is 0 Å². The molecule has 2 atom stereocenters. The SMILES string of the molecule is NC(=O)c1nocc1[C@@H]1C[C@H]1F. The summed E-state index contributed by atoms with van der Waals surface area (Å²) < 4.78 is 17.1. The topological polar surface area (TPSA) is 69.1 Å². The van der Waals surface area contributed by atoms with Gasteiger partial charge in [-0.25, -0.2) is 4.39 Å². The first-order valence-electron chi connectivity index (χ1n) is 3.58. The maximum atomic E-state index is 12.6. The molecule has 2 rings (SSSR count). The first kappa shape index (κ1) is 7.27. The van der Waals surface area contributed by atoms with Crippen molar-refractivity contribution in [1.82, 2.24) is 5.16 Å². The number of aromatic nitrogens is 1. The number of halogens is 1. The van der Waals surface area contributed by atoms with Gasteiger partial charge in [0, 0.05) is 11.5 Å². The maximum Gasteiger partial charge on any atom is 0.271 e. The molecule has 1 fully saturated rings. The van der Waals surface area contributed by atoms with E-state index in [1.165, 1.54) is 6.26 Å². The zero-order valence-electron chi connectivity index (χ0n) is 6.16.